The maximum Gasteiger partial charge on any atom is 0.336 e. The van der Waals surface area contributed by atoms with Crippen LogP contribution in [0.1, 0.15) is 24.2 Å². The topological polar surface area (TPSA) is 73.7 Å². The molecule has 0 aliphatic carbocycles. The molecule has 0 aliphatic heterocycles. The number of carboxylic acids is 1. The molecule has 0 atom stereocenters. The minimum absolute atomic E-state index is 0.00160. The number of aromatic carboxylic acids is 1. The van der Waals surface area contributed by atoms with Crippen molar-refractivity contribution in [2.75, 3.05) is 18.6 Å². The van der Waals surface area contributed by atoms with Crippen molar-refractivity contribution in [2.24, 2.45) is 0 Å². The first-order chi connectivity index (χ1) is 9.36. The summed E-state index contributed by atoms with van der Waals surface area (Å²) in [6.45, 7) is 3.82. The van der Waals surface area contributed by atoms with Crippen molar-refractivity contribution in [1.29, 1.82) is 0 Å². The van der Waals surface area contributed by atoms with Crippen molar-refractivity contribution in [3.05, 3.63) is 35.9 Å². The number of benzene rings is 1. The molecule has 0 fully saturated rings. The summed E-state index contributed by atoms with van der Waals surface area (Å²) >= 11 is 0. The Morgan fingerprint density at radius 1 is 1.30 bits per heavy atom. The van der Waals surface area contributed by atoms with Crippen LogP contribution in [0.15, 0.2) is 30.3 Å². The zero-order chi connectivity index (χ0) is 14.9. The number of likely N-dealkylation sites (N-methyl/N-ethyl adjacent to an activating group) is 1. The second-order valence-electron chi connectivity index (χ2n) is 5.38. The van der Waals surface area contributed by atoms with Crippen LogP contribution >= 0.6 is 0 Å². The first kappa shape index (κ1) is 14.3. The molecule has 106 valence electrons. The quantitative estimate of drug-likeness (QED) is 0.893. The van der Waals surface area contributed by atoms with Gasteiger partial charge in [0.05, 0.1) is 23.2 Å². The van der Waals surface area contributed by atoms with E-state index in [1.54, 1.807) is 30.3 Å². The lowest BCUT2D eigenvalue weighted by atomic mass is 10.0. The van der Waals surface area contributed by atoms with Gasteiger partial charge in [0.15, 0.2) is 0 Å². The third kappa shape index (κ3) is 2.44. The minimum atomic E-state index is -0.964. The molecule has 0 bridgehead atoms. The molecule has 0 saturated carbocycles. The molecule has 2 aromatic rings. The molecule has 0 unspecified atom stereocenters. The lowest BCUT2D eigenvalue weighted by Gasteiger charge is -2.35. The summed E-state index contributed by atoms with van der Waals surface area (Å²) in [6.07, 6.45) is 0. The molecule has 1 aromatic carbocycles. The maximum atomic E-state index is 11.2. The molecule has 20 heavy (non-hydrogen) atoms. The second kappa shape index (κ2) is 5.09. The highest BCUT2D eigenvalue weighted by Gasteiger charge is 2.24. The van der Waals surface area contributed by atoms with Crippen molar-refractivity contribution >= 4 is 22.7 Å². The summed E-state index contributed by atoms with van der Waals surface area (Å²) in [6, 6.07) is 8.55. The zero-order valence-corrected chi connectivity index (χ0v) is 11.8. The average Bonchev–Trinajstić information content (AvgIpc) is 2.44. The molecule has 5 nitrogen and oxygen atoms in total. The summed E-state index contributed by atoms with van der Waals surface area (Å²) in [5.41, 5.74) is 0.430. The summed E-state index contributed by atoms with van der Waals surface area (Å²) in [4.78, 5) is 17.5. The highest BCUT2D eigenvalue weighted by molar-refractivity contribution is 6.02. The number of rotatable bonds is 4. The molecule has 0 aliphatic rings. The van der Waals surface area contributed by atoms with Gasteiger partial charge in [0, 0.05) is 12.4 Å². The van der Waals surface area contributed by atoms with Gasteiger partial charge in [-0.1, -0.05) is 6.07 Å². The van der Waals surface area contributed by atoms with Gasteiger partial charge in [-0.05, 0) is 38.1 Å². The van der Waals surface area contributed by atoms with Crippen LogP contribution < -0.4 is 4.90 Å². The zero-order valence-electron chi connectivity index (χ0n) is 11.8. The number of anilines is 1. The lowest BCUT2D eigenvalue weighted by molar-refractivity contribution is 0.0699. The number of pyridine rings is 1. The number of aliphatic hydroxyl groups excluding tert-OH is 1. The van der Waals surface area contributed by atoms with E-state index < -0.39 is 11.5 Å². The van der Waals surface area contributed by atoms with E-state index in [2.05, 4.69) is 4.98 Å². The van der Waals surface area contributed by atoms with Crippen LogP contribution in [0.25, 0.3) is 10.9 Å². The fourth-order valence-corrected chi connectivity index (χ4v) is 1.93. The van der Waals surface area contributed by atoms with Gasteiger partial charge in [0.25, 0.3) is 0 Å². The second-order valence-corrected chi connectivity index (χ2v) is 5.38. The Bertz CT molecular complexity index is 653. The number of carboxylic acid groups (broad SMARTS) is 1. The summed E-state index contributed by atoms with van der Waals surface area (Å²) in [5.74, 6) is -0.270. The van der Waals surface area contributed by atoms with Gasteiger partial charge >= 0.3 is 5.97 Å². The van der Waals surface area contributed by atoms with Crippen LogP contribution in [0.5, 0.6) is 0 Å². The minimum Gasteiger partial charge on any atom is -0.478 e. The van der Waals surface area contributed by atoms with Crippen LogP contribution in [0, 0.1) is 0 Å². The first-order valence-corrected chi connectivity index (χ1v) is 6.34. The molecule has 0 radical (unpaired) electrons. The number of carbonyl (C=O) groups is 1. The van der Waals surface area contributed by atoms with E-state index in [4.69, 9.17) is 5.11 Å². The van der Waals surface area contributed by atoms with Crippen LogP contribution in [0.3, 0.4) is 0 Å². The molecule has 2 rings (SSSR count). The third-order valence-corrected chi connectivity index (χ3v) is 3.59. The third-order valence-electron chi connectivity index (χ3n) is 3.59. The van der Waals surface area contributed by atoms with Gasteiger partial charge in [0.1, 0.15) is 5.82 Å². The predicted molar refractivity (Wildman–Crippen MR) is 78.3 cm³/mol. The SMILES string of the molecule is CN(c1ccc2c(C(=O)O)cccc2n1)C(C)(C)CO. The molecule has 2 N–H and O–H groups in total. The van der Waals surface area contributed by atoms with Gasteiger partial charge in [-0.2, -0.15) is 0 Å². The number of aliphatic hydroxyl groups is 1. The lowest BCUT2D eigenvalue weighted by Crippen LogP contribution is -2.44. The molecule has 0 saturated heterocycles. The Kier molecular flexibility index (Phi) is 3.63. The fourth-order valence-electron chi connectivity index (χ4n) is 1.93. The number of nitrogens with zero attached hydrogens (tertiary/aromatic N) is 2. The molecule has 1 aromatic heterocycles. The van der Waals surface area contributed by atoms with E-state index in [1.165, 1.54) is 0 Å². The number of hydrogen-bond acceptors (Lipinski definition) is 4. The molecular weight excluding hydrogens is 256 g/mol. The molecule has 5 heteroatoms. The van der Waals surface area contributed by atoms with Crippen molar-refractivity contribution in [2.45, 2.75) is 19.4 Å². The highest BCUT2D eigenvalue weighted by atomic mass is 16.4. The van der Waals surface area contributed by atoms with Gasteiger partial charge in [-0.3, -0.25) is 0 Å². The number of hydrogen-bond donors (Lipinski definition) is 2. The van der Waals surface area contributed by atoms with E-state index in [9.17, 15) is 9.90 Å². The maximum absolute atomic E-state index is 11.2. The predicted octanol–water partition coefficient (Wildman–Crippen LogP) is 2.14. The Labute approximate surface area is 117 Å². The van der Waals surface area contributed by atoms with Crippen molar-refractivity contribution in [3.8, 4) is 0 Å². The fraction of sp³-hybridized carbons (Fsp3) is 0.333. The van der Waals surface area contributed by atoms with E-state index in [1.807, 2.05) is 25.8 Å². The highest BCUT2D eigenvalue weighted by Crippen LogP contribution is 2.24. The Morgan fingerprint density at radius 2 is 2.00 bits per heavy atom. The monoisotopic (exact) mass is 274 g/mol. The van der Waals surface area contributed by atoms with Crippen LogP contribution in [0.4, 0.5) is 5.82 Å². The summed E-state index contributed by atoms with van der Waals surface area (Å²) in [5, 5.41) is 19.2. The molecule has 0 amide bonds. The molecule has 0 spiro atoms. The van der Waals surface area contributed by atoms with E-state index in [-0.39, 0.29) is 12.2 Å². The normalized spacial score (nSPS) is 11.6. The Balaban J connectivity index is 2.53. The van der Waals surface area contributed by atoms with E-state index >= 15 is 0 Å². The van der Waals surface area contributed by atoms with Gasteiger partial charge < -0.3 is 15.1 Å². The number of fused-ring (bicyclic) bond motifs is 1. The van der Waals surface area contributed by atoms with Crippen molar-refractivity contribution in [1.82, 2.24) is 4.98 Å². The first-order valence-electron chi connectivity index (χ1n) is 6.34. The van der Waals surface area contributed by atoms with E-state index in [0.717, 1.165) is 0 Å². The largest absolute Gasteiger partial charge is 0.478 e. The van der Waals surface area contributed by atoms with Crippen LogP contribution in [0.2, 0.25) is 0 Å². The van der Waals surface area contributed by atoms with Gasteiger partial charge in [-0.15, -0.1) is 0 Å². The Hall–Kier alpha value is -2.14. The smallest absolute Gasteiger partial charge is 0.336 e. The van der Waals surface area contributed by atoms with E-state index in [0.29, 0.717) is 16.7 Å². The molecule has 1 heterocycles. The summed E-state index contributed by atoms with van der Waals surface area (Å²) in [7, 11) is 1.85. The van der Waals surface area contributed by atoms with Crippen molar-refractivity contribution < 1.29 is 15.0 Å². The number of aromatic nitrogens is 1. The molecular formula is C15H18N2O3. The van der Waals surface area contributed by atoms with Crippen LogP contribution in [-0.2, 0) is 0 Å². The van der Waals surface area contributed by atoms with Gasteiger partial charge in [0.2, 0.25) is 0 Å². The van der Waals surface area contributed by atoms with Crippen molar-refractivity contribution in [3.63, 3.8) is 0 Å². The average molecular weight is 274 g/mol. The summed E-state index contributed by atoms with van der Waals surface area (Å²) < 4.78 is 0. The Morgan fingerprint density at radius 3 is 2.60 bits per heavy atom. The standard InChI is InChI=1S/C15H18N2O3/c1-15(2,9-18)17(3)13-8-7-10-11(14(19)20)5-4-6-12(10)16-13/h4-8,18H,9H2,1-3H3,(H,19,20). The van der Waals surface area contributed by atoms with Crippen LogP contribution in [-0.4, -0.2) is 40.4 Å². The van der Waals surface area contributed by atoms with Gasteiger partial charge in [-0.25, -0.2) is 9.78 Å².